The lowest BCUT2D eigenvalue weighted by molar-refractivity contribution is -0.227. The van der Waals surface area contributed by atoms with Crippen molar-refractivity contribution in [3.05, 3.63) is 0 Å². The highest BCUT2D eigenvalue weighted by molar-refractivity contribution is 6.60. The number of amides is 3. The van der Waals surface area contributed by atoms with Gasteiger partial charge in [-0.2, -0.15) is 0 Å². The van der Waals surface area contributed by atoms with Crippen molar-refractivity contribution in [1.29, 1.82) is 0 Å². The Morgan fingerprint density at radius 2 is 1.25 bits per heavy atom. The van der Waals surface area contributed by atoms with Crippen LogP contribution in [0.2, 0.25) is 6.04 Å². The van der Waals surface area contributed by atoms with Gasteiger partial charge in [0.15, 0.2) is 0 Å². The normalized spacial score (nSPS) is 27.7. The first kappa shape index (κ1) is 67.0. The molecule has 8 N–H and O–H groups in total. The van der Waals surface area contributed by atoms with Crippen molar-refractivity contribution in [3.8, 4) is 0 Å². The van der Waals surface area contributed by atoms with E-state index in [1.807, 2.05) is 0 Å². The Labute approximate surface area is 462 Å². The fourth-order valence-corrected chi connectivity index (χ4v) is 16.0. The monoisotopic (exact) mass is 1100 g/mol. The molecule has 2 unspecified atom stereocenters. The Hall–Kier alpha value is -1.52. The first-order valence-electron chi connectivity index (χ1n) is 30.5. The van der Waals surface area contributed by atoms with E-state index in [2.05, 4.69) is 43.2 Å². The zero-order chi connectivity index (χ0) is 55.1. The van der Waals surface area contributed by atoms with Gasteiger partial charge in [0.25, 0.3) is 0 Å². The number of ether oxygens (including phenoxy) is 6. The second-order valence-electron chi connectivity index (χ2n) is 23.3. The van der Waals surface area contributed by atoms with Crippen LogP contribution in [0.5, 0.6) is 0 Å². The van der Waals surface area contributed by atoms with Gasteiger partial charge in [-0.15, -0.1) is 0 Å². The summed E-state index contributed by atoms with van der Waals surface area (Å²) in [5.41, 5.74) is 18.2. The van der Waals surface area contributed by atoms with Gasteiger partial charge in [-0.1, -0.05) is 59.8 Å². The SMILES string of the molecule is CCCCCCCCN(CCC[C@@H](C)[C@H]1CC[C@H]2C3[C@H](OCCCN)CC4C[C@H](OCCCN)CC[C@]4(C)[C@H]3C[C@H](OCCCN)[C@]12C)C(=O)NCCOCCOCCOCCNC(=O)CCCC[Si](OC)(OC)OC. The predicted molar refractivity (Wildman–Crippen MR) is 304 cm³/mol. The predicted octanol–water partition coefficient (Wildman–Crippen LogP) is 8.07. The first-order valence-corrected chi connectivity index (χ1v) is 32.5. The highest BCUT2D eigenvalue weighted by Gasteiger charge is 2.66. The van der Waals surface area contributed by atoms with Gasteiger partial charge in [-0.3, -0.25) is 4.79 Å². The minimum Gasteiger partial charge on any atom is -0.378 e. The maximum absolute atomic E-state index is 13.8. The van der Waals surface area contributed by atoms with E-state index in [9.17, 15) is 9.59 Å². The zero-order valence-corrected chi connectivity index (χ0v) is 50.2. The van der Waals surface area contributed by atoms with Crippen LogP contribution in [0.4, 0.5) is 4.79 Å². The summed E-state index contributed by atoms with van der Waals surface area (Å²) in [6.07, 6.45) is 22.6. The maximum Gasteiger partial charge on any atom is 0.500 e. The number of urea groups is 1. The Morgan fingerprint density at radius 1 is 0.645 bits per heavy atom. The molecule has 4 aliphatic rings. The lowest BCUT2D eigenvalue weighted by Crippen LogP contribution is -2.63. The summed E-state index contributed by atoms with van der Waals surface area (Å²) in [4.78, 5) is 28.0. The van der Waals surface area contributed by atoms with Crippen LogP contribution in [0.3, 0.4) is 0 Å². The summed E-state index contributed by atoms with van der Waals surface area (Å²) in [7, 11) is 2.20. The number of hydrogen-bond donors (Lipinski definition) is 5. The summed E-state index contributed by atoms with van der Waals surface area (Å²) >= 11 is 0. The van der Waals surface area contributed by atoms with Crippen molar-refractivity contribution in [2.24, 2.45) is 63.5 Å². The molecule has 4 fully saturated rings. The van der Waals surface area contributed by atoms with E-state index < -0.39 is 8.80 Å². The van der Waals surface area contributed by atoms with Gasteiger partial charge in [0, 0.05) is 85.2 Å². The van der Waals surface area contributed by atoms with Crippen molar-refractivity contribution in [2.75, 3.05) is 127 Å². The highest BCUT2D eigenvalue weighted by Crippen LogP contribution is 2.69. The molecule has 4 rings (SSSR count). The Kier molecular flexibility index (Phi) is 33.0. The summed E-state index contributed by atoms with van der Waals surface area (Å²) in [6, 6.07) is 0.674. The molecule has 4 saturated carbocycles. The molecule has 0 aliphatic heterocycles. The van der Waals surface area contributed by atoms with Gasteiger partial charge in [-0.25, -0.2) is 4.79 Å². The van der Waals surface area contributed by atoms with Crippen LogP contribution in [0, 0.1) is 46.3 Å². The van der Waals surface area contributed by atoms with Crippen LogP contribution in [0.15, 0.2) is 0 Å². The average Bonchev–Trinajstić information content (AvgIpc) is 3.81. The molecule has 0 radical (unpaired) electrons. The number of rotatable bonds is 44. The molecular weight excluding hydrogens is 985 g/mol. The number of hydrogen-bond acceptors (Lipinski definition) is 14. The van der Waals surface area contributed by atoms with E-state index in [1.54, 1.807) is 21.3 Å². The second-order valence-corrected chi connectivity index (χ2v) is 26.4. The smallest absolute Gasteiger partial charge is 0.378 e. The third kappa shape index (κ3) is 20.8. The third-order valence-electron chi connectivity index (χ3n) is 18.6. The Bertz CT molecular complexity index is 1530. The molecule has 0 heterocycles. The molecule has 11 atom stereocenters. The largest absolute Gasteiger partial charge is 0.500 e. The molecular formula is C58H114N6O11Si. The van der Waals surface area contributed by atoms with E-state index in [-0.39, 0.29) is 35.0 Å². The summed E-state index contributed by atoms with van der Waals surface area (Å²) < 4.78 is 54.0. The molecule has 17 nitrogen and oxygen atoms in total. The number of nitrogens with two attached hydrogens (primary N) is 3. The molecule has 4 aliphatic carbocycles. The number of carbonyl (C=O) groups excluding carboxylic acids is 2. The van der Waals surface area contributed by atoms with Gasteiger partial charge >= 0.3 is 14.8 Å². The fourth-order valence-electron chi connectivity index (χ4n) is 14.2. The fraction of sp³-hybridized carbons (Fsp3) is 0.966. The van der Waals surface area contributed by atoms with Crippen molar-refractivity contribution >= 4 is 20.7 Å². The molecule has 446 valence electrons. The highest BCUT2D eigenvalue weighted by atomic mass is 28.4. The second kappa shape index (κ2) is 37.5. The van der Waals surface area contributed by atoms with E-state index >= 15 is 0 Å². The van der Waals surface area contributed by atoms with Crippen LogP contribution < -0.4 is 27.8 Å². The van der Waals surface area contributed by atoms with E-state index in [0.29, 0.717) is 133 Å². The van der Waals surface area contributed by atoms with Crippen molar-refractivity contribution in [1.82, 2.24) is 15.5 Å². The maximum atomic E-state index is 13.8. The number of nitrogens with one attached hydrogen (secondary N) is 2. The number of nitrogens with zero attached hydrogens (tertiary/aromatic N) is 1. The number of fused-ring (bicyclic) bond motifs is 5. The van der Waals surface area contributed by atoms with E-state index in [1.165, 1.54) is 44.9 Å². The molecule has 0 aromatic heterocycles. The Balaban J connectivity index is 1.24. The van der Waals surface area contributed by atoms with Crippen LogP contribution in [0.25, 0.3) is 0 Å². The first-order chi connectivity index (χ1) is 36.9. The lowest BCUT2D eigenvalue weighted by Gasteiger charge is -2.65. The molecule has 0 bridgehead atoms. The van der Waals surface area contributed by atoms with Crippen molar-refractivity contribution in [3.63, 3.8) is 0 Å². The summed E-state index contributed by atoms with van der Waals surface area (Å²) in [5.74, 6) is 3.15. The van der Waals surface area contributed by atoms with Gasteiger partial charge in [0.05, 0.1) is 58.0 Å². The van der Waals surface area contributed by atoms with Crippen LogP contribution in [-0.4, -0.2) is 171 Å². The summed E-state index contributed by atoms with van der Waals surface area (Å²) in [5, 5.41) is 6.06. The Morgan fingerprint density at radius 3 is 1.91 bits per heavy atom. The van der Waals surface area contributed by atoms with Gasteiger partial charge < -0.3 is 74.4 Å². The molecule has 3 amide bonds. The molecule has 0 spiro atoms. The zero-order valence-electron chi connectivity index (χ0n) is 49.2. The minimum absolute atomic E-state index is 0.00121. The molecule has 18 heteroatoms. The van der Waals surface area contributed by atoms with E-state index in [0.717, 1.165) is 110 Å². The lowest BCUT2D eigenvalue weighted by atomic mass is 9.43. The van der Waals surface area contributed by atoms with Crippen molar-refractivity contribution < 1.29 is 51.3 Å². The topological polar surface area (TPSA) is 223 Å². The van der Waals surface area contributed by atoms with Gasteiger partial charge in [-0.05, 0) is 157 Å². The number of carbonyl (C=O) groups is 2. The van der Waals surface area contributed by atoms with Gasteiger partial charge in [0.1, 0.15) is 0 Å². The van der Waals surface area contributed by atoms with Gasteiger partial charge in [0.2, 0.25) is 5.91 Å². The standard InChI is InChI=1S/C58H114N6O11Si/c1-8-9-10-11-12-14-31-64(56(66)63-30-37-71-39-41-72-40-38-70-36-29-62-54(65)21-13-15-42-76(67-5,68-6)69-7)32-16-20-46(2)49-22-23-50-55-51(45-53(58(49,50)4)75-35-19-28-61)57(3)25-24-48(73-33-17-26-59)43-47(57)44-52(55)74-34-18-27-60/h46-53,55H,8-45,59-61H2,1-7H3,(H,62,65)(H,63,66)/t46-,47?,48-,49-,50+,51+,52-,53+,55?,57+,58-/m1/s1. The van der Waals surface area contributed by atoms with Crippen molar-refractivity contribution in [2.45, 2.75) is 187 Å². The van der Waals surface area contributed by atoms with Crippen LogP contribution in [0.1, 0.15) is 163 Å². The van der Waals surface area contributed by atoms with E-state index in [4.69, 9.17) is 58.9 Å². The molecule has 0 aromatic rings. The quantitative estimate of drug-likeness (QED) is 0.0288. The van der Waals surface area contributed by atoms with Crippen LogP contribution >= 0.6 is 0 Å². The number of unbranched alkanes of at least 4 members (excludes halogenated alkanes) is 6. The molecule has 76 heavy (non-hydrogen) atoms. The minimum atomic E-state index is -2.60. The molecule has 0 saturated heterocycles. The average molecular weight is 1100 g/mol. The molecule has 0 aromatic carbocycles. The third-order valence-corrected chi connectivity index (χ3v) is 21.4. The summed E-state index contributed by atoms with van der Waals surface area (Å²) in [6.45, 7) is 19.1. The van der Waals surface area contributed by atoms with Crippen LogP contribution in [-0.2, 0) is 46.5 Å².